The summed E-state index contributed by atoms with van der Waals surface area (Å²) < 4.78 is 0. The molecule has 1 aromatic heterocycles. The number of hydrogen-bond donors (Lipinski definition) is 2. The number of pyridine rings is 1. The van der Waals surface area contributed by atoms with E-state index in [4.69, 9.17) is 5.11 Å². The van der Waals surface area contributed by atoms with Gasteiger partial charge in [0.25, 0.3) is 5.91 Å². The van der Waals surface area contributed by atoms with E-state index in [0.717, 1.165) is 16.7 Å². The number of nitrogens with one attached hydrogen (secondary N) is 1. The number of nitrogens with zero attached hydrogens (tertiary/aromatic N) is 1. The summed E-state index contributed by atoms with van der Waals surface area (Å²) in [6, 6.07) is 22.2. The van der Waals surface area contributed by atoms with E-state index in [1.165, 1.54) is 6.20 Å². The molecule has 0 saturated carbocycles. The summed E-state index contributed by atoms with van der Waals surface area (Å²) in [6.07, 6.45) is 1.31. The molecule has 0 aliphatic rings. The van der Waals surface area contributed by atoms with E-state index in [2.05, 4.69) is 10.3 Å². The fourth-order valence-corrected chi connectivity index (χ4v) is 3.31. The molecule has 3 aromatic carbocycles. The van der Waals surface area contributed by atoms with Gasteiger partial charge in [0, 0.05) is 22.8 Å². The maximum atomic E-state index is 13.0. The van der Waals surface area contributed by atoms with Crippen molar-refractivity contribution in [2.24, 2.45) is 0 Å². The third kappa shape index (κ3) is 3.71. The van der Waals surface area contributed by atoms with Crippen molar-refractivity contribution in [1.82, 2.24) is 4.98 Å². The van der Waals surface area contributed by atoms with Crippen molar-refractivity contribution in [2.75, 3.05) is 5.32 Å². The normalized spacial score (nSPS) is 10.7. The molecule has 0 atom stereocenters. The predicted octanol–water partition coefficient (Wildman–Crippen LogP) is 5.16. The fraction of sp³-hybridized carbons (Fsp3) is 0.0417. The second-order valence-corrected chi connectivity index (χ2v) is 6.75. The van der Waals surface area contributed by atoms with Gasteiger partial charge in [0.05, 0.1) is 11.1 Å². The van der Waals surface area contributed by atoms with Gasteiger partial charge in [0.1, 0.15) is 0 Å². The molecule has 0 fully saturated rings. The number of carboxylic acids is 1. The van der Waals surface area contributed by atoms with Crippen LogP contribution in [0, 0.1) is 6.92 Å². The third-order valence-corrected chi connectivity index (χ3v) is 4.80. The second-order valence-electron chi connectivity index (χ2n) is 6.75. The quantitative estimate of drug-likeness (QED) is 0.511. The van der Waals surface area contributed by atoms with Crippen LogP contribution in [-0.4, -0.2) is 22.0 Å². The van der Waals surface area contributed by atoms with Gasteiger partial charge >= 0.3 is 5.97 Å². The van der Waals surface area contributed by atoms with Gasteiger partial charge in [-0.2, -0.15) is 0 Å². The van der Waals surface area contributed by atoms with Crippen molar-refractivity contribution >= 4 is 28.5 Å². The van der Waals surface area contributed by atoms with Crippen LogP contribution in [0.2, 0.25) is 0 Å². The first-order valence-electron chi connectivity index (χ1n) is 9.12. The molecule has 4 aromatic rings. The van der Waals surface area contributed by atoms with Crippen LogP contribution in [-0.2, 0) is 0 Å². The zero-order valence-corrected chi connectivity index (χ0v) is 15.7. The minimum Gasteiger partial charge on any atom is -0.478 e. The Balaban J connectivity index is 1.66. The maximum absolute atomic E-state index is 13.0. The highest BCUT2D eigenvalue weighted by Gasteiger charge is 2.14. The van der Waals surface area contributed by atoms with Crippen molar-refractivity contribution in [3.05, 3.63) is 95.7 Å². The first-order valence-corrected chi connectivity index (χ1v) is 9.12. The highest BCUT2D eigenvalue weighted by Crippen LogP contribution is 2.27. The van der Waals surface area contributed by atoms with E-state index in [1.807, 2.05) is 49.4 Å². The molecule has 1 amide bonds. The van der Waals surface area contributed by atoms with Crippen LogP contribution in [0.15, 0.2) is 79.0 Å². The molecule has 0 bridgehead atoms. The molecular weight excluding hydrogens is 364 g/mol. The molecule has 0 saturated heterocycles. The van der Waals surface area contributed by atoms with Crippen molar-refractivity contribution in [1.29, 1.82) is 0 Å². The fourth-order valence-electron chi connectivity index (χ4n) is 3.31. The average Bonchev–Trinajstić information content (AvgIpc) is 2.73. The van der Waals surface area contributed by atoms with Crippen molar-refractivity contribution in [3.63, 3.8) is 0 Å². The topological polar surface area (TPSA) is 79.3 Å². The molecule has 1 heterocycles. The molecule has 5 nitrogen and oxygen atoms in total. The number of aryl methyl sites for hydroxylation is 1. The SMILES string of the molecule is Cc1ccccc1-c1ccccc1C(=O)Nc1ccc2cc(C(=O)O)cnc2c1. The molecule has 0 radical (unpaired) electrons. The van der Waals surface area contributed by atoms with E-state index in [-0.39, 0.29) is 11.5 Å². The highest BCUT2D eigenvalue weighted by atomic mass is 16.4. The number of rotatable bonds is 4. The number of fused-ring (bicyclic) bond motifs is 1. The monoisotopic (exact) mass is 382 g/mol. The van der Waals surface area contributed by atoms with Crippen molar-refractivity contribution in [2.45, 2.75) is 6.92 Å². The smallest absolute Gasteiger partial charge is 0.337 e. The number of carboxylic acid groups (broad SMARTS) is 1. The third-order valence-electron chi connectivity index (χ3n) is 4.80. The van der Waals surface area contributed by atoms with Crippen molar-refractivity contribution in [3.8, 4) is 11.1 Å². The number of aromatic carboxylic acids is 1. The number of carbonyl (C=O) groups excluding carboxylic acids is 1. The Kier molecular flexibility index (Phi) is 4.79. The molecule has 29 heavy (non-hydrogen) atoms. The zero-order chi connectivity index (χ0) is 20.4. The number of hydrogen-bond acceptors (Lipinski definition) is 3. The van der Waals surface area contributed by atoms with Crippen LogP contribution in [0.25, 0.3) is 22.0 Å². The van der Waals surface area contributed by atoms with Gasteiger partial charge in [-0.3, -0.25) is 9.78 Å². The van der Waals surface area contributed by atoms with Gasteiger partial charge in [-0.05, 0) is 47.9 Å². The molecule has 0 aliphatic carbocycles. The Morgan fingerprint density at radius 1 is 0.897 bits per heavy atom. The lowest BCUT2D eigenvalue weighted by atomic mass is 9.95. The average molecular weight is 382 g/mol. The lowest BCUT2D eigenvalue weighted by Gasteiger charge is -2.12. The van der Waals surface area contributed by atoms with Crippen LogP contribution in [0.5, 0.6) is 0 Å². The van der Waals surface area contributed by atoms with E-state index < -0.39 is 5.97 Å². The highest BCUT2D eigenvalue weighted by molar-refractivity contribution is 6.09. The molecular formula is C24H18N2O3. The summed E-state index contributed by atoms with van der Waals surface area (Å²) in [4.78, 5) is 28.3. The molecule has 5 heteroatoms. The summed E-state index contributed by atoms with van der Waals surface area (Å²) in [5, 5.41) is 12.7. The number of carbonyl (C=O) groups is 2. The van der Waals surface area contributed by atoms with E-state index in [0.29, 0.717) is 22.2 Å². The van der Waals surface area contributed by atoms with Gasteiger partial charge in [0.2, 0.25) is 0 Å². The largest absolute Gasteiger partial charge is 0.478 e. The maximum Gasteiger partial charge on any atom is 0.337 e. The molecule has 0 aliphatic heterocycles. The Labute approximate surface area is 167 Å². The second kappa shape index (κ2) is 7.56. The Bertz CT molecular complexity index is 1250. The van der Waals surface area contributed by atoms with Gasteiger partial charge in [0.15, 0.2) is 0 Å². The van der Waals surface area contributed by atoms with Crippen LogP contribution in [0.1, 0.15) is 26.3 Å². The predicted molar refractivity (Wildman–Crippen MR) is 113 cm³/mol. The molecule has 142 valence electrons. The Hall–Kier alpha value is -3.99. The summed E-state index contributed by atoms with van der Waals surface area (Å²) in [5.74, 6) is -1.24. The molecule has 4 rings (SSSR count). The molecule has 0 spiro atoms. The van der Waals surface area contributed by atoms with Crippen LogP contribution >= 0.6 is 0 Å². The van der Waals surface area contributed by atoms with Crippen molar-refractivity contribution < 1.29 is 14.7 Å². The van der Waals surface area contributed by atoms with Crippen LogP contribution in [0.4, 0.5) is 5.69 Å². The lowest BCUT2D eigenvalue weighted by Crippen LogP contribution is -2.13. The Morgan fingerprint density at radius 3 is 2.38 bits per heavy atom. The molecule has 2 N–H and O–H groups in total. The van der Waals surface area contributed by atoms with Gasteiger partial charge in [-0.1, -0.05) is 48.5 Å². The van der Waals surface area contributed by atoms with Crippen LogP contribution in [0.3, 0.4) is 0 Å². The number of aromatic nitrogens is 1. The summed E-state index contributed by atoms with van der Waals surface area (Å²) in [6.45, 7) is 2.02. The summed E-state index contributed by atoms with van der Waals surface area (Å²) >= 11 is 0. The van der Waals surface area contributed by atoms with Gasteiger partial charge in [-0.15, -0.1) is 0 Å². The summed E-state index contributed by atoms with van der Waals surface area (Å²) in [7, 11) is 0. The number of benzene rings is 3. The Morgan fingerprint density at radius 2 is 1.62 bits per heavy atom. The summed E-state index contributed by atoms with van der Waals surface area (Å²) in [5.41, 5.74) is 4.89. The van der Waals surface area contributed by atoms with E-state index >= 15 is 0 Å². The van der Waals surface area contributed by atoms with Gasteiger partial charge < -0.3 is 10.4 Å². The first-order chi connectivity index (χ1) is 14.0. The number of anilines is 1. The minimum atomic E-state index is -1.02. The number of amides is 1. The first kappa shape index (κ1) is 18.4. The van der Waals surface area contributed by atoms with E-state index in [9.17, 15) is 9.59 Å². The van der Waals surface area contributed by atoms with Gasteiger partial charge in [-0.25, -0.2) is 4.79 Å². The molecule has 0 unspecified atom stereocenters. The standard InChI is InChI=1S/C24H18N2O3/c1-15-6-2-3-7-19(15)20-8-4-5-9-21(20)23(27)26-18-11-10-16-12-17(24(28)29)14-25-22(16)13-18/h2-14H,1H3,(H,26,27)(H,28,29). The minimum absolute atomic E-state index is 0.126. The zero-order valence-electron chi connectivity index (χ0n) is 15.7. The van der Waals surface area contributed by atoms with E-state index in [1.54, 1.807) is 30.3 Å². The lowest BCUT2D eigenvalue weighted by molar-refractivity contribution is 0.0696. The van der Waals surface area contributed by atoms with Crippen LogP contribution < -0.4 is 5.32 Å².